The Morgan fingerprint density at radius 3 is 3.09 bits per heavy atom. The van der Waals surface area contributed by atoms with E-state index in [1.165, 1.54) is 0 Å². The largest absolute Gasteiger partial charge is 0.290 e. The van der Waals surface area contributed by atoms with Gasteiger partial charge in [-0.3, -0.25) is 9.82 Å². The first kappa shape index (κ1) is 8.26. The lowest BCUT2D eigenvalue weighted by atomic mass is 10.3. The van der Waals surface area contributed by atoms with Gasteiger partial charge >= 0.3 is 0 Å². The third-order valence-electron chi connectivity index (χ3n) is 1.34. The van der Waals surface area contributed by atoms with Crippen molar-refractivity contribution >= 4 is 16.8 Å². The van der Waals surface area contributed by atoms with Crippen LogP contribution in [-0.2, 0) is 17.4 Å². The summed E-state index contributed by atoms with van der Waals surface area (Å²) in [4.78, 5) is 0. The number of aryl methyl sites for hydroxylation is 1. The number of H-pyrrole nitrogens is 1. The SMILES string of the molecule is CCc1cn[nH]c1NS(C)=O. The van der Waals surface area contributed by atoms with E-state index in [9.17, 15) is 4.21 Å². The standard InChI is InChI=1S/C6H11N3OS/c1-3-5-4-7-8-6(5)9-11(2)10/h4H,3H2,1-2H3,(H2,7,8,9). The molecule has 1 aromatic heterocycles. The Labute approximate surface area is 68.0 Å². The zero-order valence-corrected chi connectivity index (χ0v) is 7.36. The van der Waals surface area contributed by atoms with Crippen molar-refractivity contribution in [3.05, 3.63) is 11.8 Å². The van der Waals surface area contributed by atoms with Gasteiger partial charge in [0.15, 0.2) is 0 Å². The van der Waals surface area contributed by atoms with Gasteiger partial charge in [0.25, 0.3) is 0 Å². The van der Waals surface area contributed by atoms with Crippen LogP contribution < -0.4 is 4.72 Å². The fourth-order valence-electron chi connectivity index (χ4n) is 0.811. The average Bonchev–Trinajstić information content (AvgIpc) is 2.34. The second-order valence-corrected chi connectivity index (χ2v) is 3.29. The normalized spacial score (nSPS) is 12.9. The smallest absolute Gasteiger partial charge is 0.136 e. The van der Waals surface area contributed by atoms with Crippen LogP contribution >= 0.6 is 0 Å². The van der Waals surface area contributed by atoms with Gasteiger partial charge in [-0.15, -0.1) is 0 Å². The minimum atomic E-state index is -1.03. The van der Waals surface area contributed by atoms with Crippen molar-refractivity contribution in [1.29, 1.82) is 0 Å². The number of nitrogens with one attached hydrogen (secondary N) is 2. The van der Waals surface area contributed by atoms with Crippen molar-refractivity contribution in [3.63, 3.8) is 0 Å². The summed E-state index contributed by atoms with van der Waals surface area (Å²) in [6.07, 6.45) is 4.20. The Kier molecular flexibility index (Phi) is 2.64. The number of aromatic amines is 1. The van der Waals surface area contributed by atoms with Crippen LogP contribution in [0.4, 0.5) is 5.82 Å². The van der Waals surface area contributed by atoms with E-state index < -0.39 is 11.0 Å². The fraction of sp³-hybridized carbons (Fsp3) is 0.500. The summed E-state index contributed by atoms with van der Waals surface area (Å²) in [5, 5.41) is 6.56. The number of nitrogens with zero attached hydrogens (tertiary/aromatic N) is 1. The number of anilines is 1. The van der Waals surface area contributed by atoms with Crippen molar-refractivity contribution in [2.75, 3.05) is 11.0 Å². The molecule has 5 heteroatoms. The van der Waals surface area contributed by atoms with Gasteiger partial charge in [0.05, 0.1) is 6.20 Å². The Morgan fingerprint density at radius 1 is 1.82 bits per heavy atom. The van der Waals surface area contributed by atoms with Gasteiger partial charge < -0.3 is 0 Å². The fourth-order valence-corrected chi connectivity index (χ4v) is 1.28. The van der Waals surface area contributed by atoms with E-state index in [4.69, 9.17) is 0 Å². The molecule has 1 heterocycles. The van der Waals surface area contributed by atoms with Crippen molar-refractivity contribution in [2.24, 2.45) is 0 Å². The van der Waals surface area contributed by atoms with Crippen LogP contribution in [0.5, 0.6) is 0 Å². The number of aromatic nitrogens is 2. The summed E-state index contributed by atoms with van der Waals surface area (Å²) >= 11 is 0. The number of hydrogen-bond donors (Lipinski definition) is 2. The minimum Gasteiger partial charge on any atom is -0.290 e. The molecule has 4 nitrogen and oxygen atoms in total. The molecule has 0 aliphatic carbocycles. The van der Waals surface area contributed by atoms with Gasteiger partial charge in [-0.25, -0.2) is 4.21 Å². The molecule has 0 radical (unpaired) electrons. The Bertz CT molecular complexity index is 258. The quantitative estimate of drug-likeness (QED) is 0.706. The van der Waals surface area contributed by atoms with Crippen LogP contribution in [0.15, 0.2) is 6.20 Å². The van der Waals surface area contributed by atoms with E-state index >= 15 is 0 Å². The molecule has 62 valence electrons. The van der Waals surface area contributed by atoms with Crippen molar-refractivity contribution < 1.29 is 4.21 Å². The maximum Gasteiger partial charge on any atom is 0.136 e. The summed E-state index contributed by atoms with van der Waals surface area (Å²) in [6, 6.07) is 0. The van der Waals surface area contributed by atoms with E-state index in [1.807, 2.05) is 6.92 Å². The van der Waals surface area contributed by atoms with Crippen LogP contribution in [0, 0.1) is 0 Å². The summed E-state index contributed by atoms with van der Waals surface area (Å²) in [5.74, 6) is 0.758. The summed E-state index contributed by atoms with van der Waals surface area (Å²) in [7, 11) is -1.03. The molecule has 0 aromatic carbocycles. The molecule has 0 bridgehead atoms. The van der Waals surface area contributed by atoms with Gasteiger partial charge in [0, 0.05) is 11.8 Å². The predicted octanol–water partition coefficient (Wildman–Crippen LogP) is 0.677. The zero-order chi connectivity index (χ0) is 8.27. The monoisotopic (exact) mass is 173 g/mol. The highest BCUT2D eigenvalue weighted by molar-refractivity contribution is 7.85. The Hall–Kier alpha value is -0.840. The van der Waals surface area contributed by atoms with Crippen molar-refractivity contribution in [1.82, 2.24) is 10.2 Å². The first-order valence-corrected chi connectivity index (χ1v) is 4.92. The van der Waals surface area contributed by atoms with E-state index in [2.05, 4.69) is 14.9 Å². The van der Waals surface area contributed by atoms with Crippen LogP contribution in [0.1, 0.15) is 12.5 Å². The van der Waals surface area contributed by atoms with Crippen molar-refractivity contribution in [2.45, 2.75) is 13.3 Å². The number of hydrogen-bond acceptors (Lipinski definition) is 2. The highest BCUT2D eigenvalue weighted by atomic mass is 32.2. The van der Waals surface area contributed by atoms with Gasteiger partial charge in [-0.1, -0.05) is 6.92 Å². The lowest BCUT2D eigenvalue weighted by molar-refractivity contribution is 0.689. The van der Waals surface area contributed by atoms with Gasteiger partial charge in [0.1, 0.15) is 16.8 Å². The molecule has 0 saturated heterocycles. The molecule has 0 aliphatic heterocycles. The van der Waals surface area contributed by atoms with Crippen LogP contribution in [0.3, 0.4) is 0 Å². The molecule has 2 N–H and O–H groups in total. The topological polar surface area (TPSA) is 57.8 Å². The number of rotatable bonds is 3. The third kappa shape index (κ3) is 2.04. The van der Waals surface area contributed by atoms with Crippen LogP contribution in [-0.4, -0.2) is 20.7 Å². The molecule has 1 unspecified atom stereocenters. The molecule has 1 rings (SSSR count). The molecule has 0 spiro atoms. The first-order valence-electron chi connectivity index (χ1n) is 3.36. The van der Waals surface area contributed by atoms with E-state index in [0.717, 1.165) is 17.8 Å². The van der Waals surface area contributed by atoms with Gasteiger partial charge in [-0.2, -0.15) is 5.10 Å². The predicted molar refractivity (Wildman–Crippen MR) is 45.7 cm³/mol. The van der Waals surface area contributed by atoms with E-state index in [1.54, 1.807) is 12.5 Å². The second kappa shape index (κ2) is 3.52. The molecule has 0 amide bonds. The van der Waals surface area contributed by atoms with Gasteiger partial charge in [-0.05, 0) is 6.42 Å². The minimum absolute atomic E-state index is 0.758. The second-order valence-electron chi connectivity index (χ2n) is 2.18. The maximum atomic E-state index is 10.7. The summed E-state index contributed by atoms with van der Waals surface area (Å²) < 4.78 is 13.5. The summed E-state index contributed by atoms with van der Waals surface area (Å²) in [5.41, 5.74) is 1.06. The van der Waals surface area contributed by atoms with Gasteiger partial charge in [0.2, 0.25) is 0 Å². The van der Waals surface area contributed by atoms with E-state index in [0.29, 0.717) is 0 Å². The molecule has 1 atom stereocenters. The molecular weight excluding hydrogens is 162 g/mol. The Balaban J connectivity index is 2.76. The first-order chi connectivity index (χ1) is 5.24. The highest BCUT2D eigenvalue weighted by Gasteiger charge is 2.02. The van der Waals surface area contributed by atoms with Crippen LogP contribution in [0.2, 0.25) is 0 Å². The third-order valence-corrected chi connectivity index (χ3v) is 1.84. The summed E-state index contributed by atoms with van der Waals surface area (Å²) in [6.45, 7) is 2.02. The molecule has 0 saturated carbocycles. The van der Waals surface area contributed by atoms with E-state index in [-0.39, 0.29) is 0 Å². The lowest BCUT2D eigenvalue weighted by Gasteiger charge is -1.99. The maximum absolute atomic E-state index is 10.7. The van der Waals surface area contributed by atoms with Crippen molar-refractivity contribution in [3.8, 4) is 0 Å². The highest BCUT2D eigenvalue weighted by Crippen LogP contribution is 2.10. The molecule has 0 fully saturated rings. The molecule has 1 aromatic rings. The Morgan fingerprint density at radius 2 is 2.55 bits per heavy atom. The average molecular weight is 173 g/mol. The van der Waals surface area contributed by atoms with Crippen LogP contribution in [0.25, 0.3) is 0 Å². The zero-order valence-electron chi connectivity index (χ0n) is 6.55. The molecule has 0 aliphatic rings. The molecule has 11 heavy (non-hydrogen) atoms. The molecular formula is C6H11N3OS. The lowest BCUT2D eigenvalue weighted by Crippen LogP contribution is -2.03.